The third-order valence-electron chi connectivity index (χ3n) is 4.61. The molecule has 1 aliphatic carbocycles. The number of hydrogen-bond acceptors (Lipinski definition) is 4. The van der Waals surface area contributed by atoms with E-state index in [1.807, 2.05) is 0 Å². The summed E-state index contributed by atoms with van der Waals surface area (Å²) >= 11 is 0. The van der Waals surface area contributed by atoms with Crippen LogP contribution in [0.25, 0.3) is 0 Å². The van der Waals surface area contributed by atoms with Crippen LogP contribution in [0.15, 0.2) is 24.3 Å². The molecule has 0 saturated heterocycles. The highest BCUT2D eigenvalue weighted by Crippen LogP contribution is 2.26. The molecular formula is C19H26N2O5. The van der Waals surface area contributed by atoms with E-state index in [2.05, 4.69) is 17.6 Å². The summed E-state index contributed by atoms with van der Waals surface area (Å²) in [6.45, 7) is 3.55. The van der Waals surface area contributed by atoms with Gasteiger partial charge in [-0.3, -0.25) is 14.4 Å². The van der Waals surface area contributed by atoms with Gasteiger partial charge >= 0.3 is 5.97 Å². The van der Waals surface area contributed by atoms with Gasteiger partial charge in [-0.2, -0.15) is 0 Å². The number of carbonyl (C=O) groups excluding carboxylic acids is 2. The maximum Gasteiger partial charge on any atom is 0.325 e. The third-order valence-corrected chi connectivity index (χ3v) is 4.61. The van der Waals surface area contributed by atoms with Gasteiger partial charge < -0.3 is 20.5 Å². The fraction of sp³-hybridized carbons (Fsp3) is 0.526. The summed E-state index contributed by atoms with van der Waals surface area (Å²) in [4.78, 5) is 34.7. The highest BCUT2D eigenvalue weighted by atomic mass is 16.5. The van der Waals surface area contributed by atoms with Crippen LogP contribution in [0.4, 0.5) is 5.69 Å². The van der Waals surface area contributed by atoms with Gasteiger partial charge in [0.1, 0.15) is 12.6 Å². The van der Waals surface area contributed by atoms with Crippen LogP contribution in [0.5, 0.6) is 0 Å². The van der Waals surface area contributed by atoms with Crippen molar-refractivity contribution in [2.24, 2.45) is 5.92 Å². The number of carboxylic acids is 1. The van der Waals surface area contributed by atoms with Crippen LogP contribution >= 0.6 is 0 Å². The van der Waals surface area contributed by atoms with Crippen molar-refractivity contribution in [3.05, 3.63) is 29.8 Å². The van der Waals surface area contributed by atoms with Crippen molar-refractivity contribution < 1.29 is 24.2 Å². The second-order valence-corrected chi connectivity index (χ2v) is 6.77. The van der Waals surface area contributed by atoms with Gasteiger partial charge in [0.25, 0.3) is 5.91 Å². The maximum atomic E-state index is 12.0. The quantitative estimate of drug-likeness (QED) is 0.691. The number of amides is 2. The van der Waals surface area contributed by atoms with Gasteiger partial charge in [-0.05, 0) is 49.9 Å². The number of rotatable bonds is 7. The first-order valence-electron chi connectivity index (χ1n) is 8.92. The lowest BCUT2D eigenvalue weighted by molar-refractivity contribution is -0.138. The van der Waals surface area contributed by atoms with Crippen LogP contribution in [0.3, 0.4) is 0 Å². The lowest BCUT2D eigenvalue weighted by Gasteiger charge is -2.28. The molecule has 142 valence electrons. The van der Waals surface area contributed by atoms with Gasteiger partial charge in [0, 0.05) is 11.3 Å². The molecule has 0 bridgehead atoms. The summed E-state index contributed by atoms with van der Waals surface area (Å²) in [5.41, 5.74) is 0.876. The zero-order valence-corrected chi connectivity index (χ0v) is 15.2. The smallest absolute Gasteiger partial charge is 0.325 e. The average molecular weight is 362 g/mol. The number of nitrogens with one attached hydrogen (secondary N) is 2. The molecule has 0 aromatic heterocycles. The van der Waals surface area contributed by atoms with E-state index >= 15 is 0 Å². The van der Waals surface area contributed by atoms with Crippen molar-refractivity contribution in [2.75, 3.05) is 11.9 Å². The van der Waals surface area contributed by atoms with Crippen LogP contribution in [-0.2, 0) is 14.3 Å². The van der Waals surface area contributed by atoms with Gasteiger partial charge in [-0.15, -0.1) is 0 Å². The van der Waals surface area contributed by atoms with Gasteiger partial charge in [0.05, 0.1) is 6.10 Å². The molecule has 3 unspecified atom stereocenters. The zero-order valence-electron chi connectivity index (χ0n) is 15.2. The van der Waals surface area contributed by atoms with Crippen LogP contribution in [0.1, 0.15) is 49.9 Å². The molecule has 7 heteroatoms. The molecule has 2 amide bonds. The number of carboxylic acid groups (broad SMARTS) is 1. The summed E-state index contributed by atoms with van der Waals surface area (Å²) in [6.07, 6.45) is 4.62. The molecule has 2 rings (SSSR count). The summed E-state index contributed by atoms with van der Waals surface area (Å²) in [5, 5.41) is 13.9. The molecule has 7 nitrogen and oxygen atoms in total. The minimum Gasteiger partial charge on any atom is -0.480 e. The number of carbonyl (C=O) groups is 3. The Morgan fingerprint density at radius 1 is 1.19 bits per heavy atom. The van der Waals surface area contributed by atoms with Crippen LogP contribution in [0, 0.1) is 5.92 Å². The molecule has 1 saturated carbocycles. The number of ether oxygens (including phenoxy) is 1. The third kappa shape index (κ3) is 5.84. The lowest BCUT2D eigenvalue weighted by atomic mass is 9.88. The predicted molar refractivity (Wildman–Crippen MR) is 97.0 cm³/mol. The van der Waals surface area contributed by atoms with E-state index in [1.54, 1.807) is 12.1 Å². The van der Waals surface area contributed by atoms with E-state index in [1.165, 1.54) is 25.5 Å². The minimum absolute atomic E-state index is 0.00731. The summed E-state index contributed by atoms with van der Waals surface area (Å²) in [6, 6.07) is 5.29. The Hall–Kier alpha value is -2.41. The van der Waals surface area contributed by atoms with Crippen molar-refractivity contribution in [3.8, 4) is 0 Å². The molecule has 0 heterocycles. The van der Waals surface area contributed by atoms with E-state index in [0.29, 0.717) is 17.2 Å². The largest absolute Gasteiger partial charge is 0.480 e. The van der Waals surface area contributed by atoms with E-state index in [-0.39, 0.29) is 18.6 Å². The number of anilines is 1. The van der Waals surface area contributed by atoms with Gasteiger partial charge in [0.15, 0.2) is 0 Å². The molecule has 26 heavy (non-hydrogen) atoms. The molecular weight excluding hydrogens is 336 g/mol. The van der Waals surface area contributed by atoms with Crippen LogP contribution in [-0.4, -0.2) is 41.6 Å². The first-order chi connectivity index (χ1) is 12.4. The summed E-state index contributed by atoms with van der Waals surface area (Å²) in [7, 11) is 0. The highest BCUT2D eigenvalue weighted by Gasteiger charge is 2.22. The molecule has 0 spiro atoms. The van der Waals surface area contributed by atoms with Crippen molar-refractivity contribution in [2.45, 2.75) is 51.7 Å². The van der Waals surface area contributed by atoms with Crippen LogP contribution < -0.4 is 10.6 Å². The molecule has 0 aliphatic heterocycles. The first kappa shape index (κ1) is 19.9. The normalized spacial score (nSPS) is 20.8. The van der Waals surface area contributed by atoms with E-state index < -0.39 is 17.9 Å². The molecule has 3 atom stereocenters. The molecule has 1 aliphatic rings. The Kier molecular flexibility index (Phi) is 7.15. The van der Waals surface area contributed by atoms with Crippen molar-refractivity contribution in [1.82, 2.24) is 5.32 Å². The fourth-order valence-corrected chi connectivity index (χ4v) is 2.96. The Morgan fingerprint density at radius 3 is 2.46 bits per heavy atom. The average Bonchev–Trinajstić information content (AvgIpc) is 2.61. The van der Waals surface area contributed by atoms with Crippen molar-refractivity contribution >= 4 is 23.5 Å². The Labute approximate surface area is 153 Å². The Morgan fingerprint density at radius 2 is 1.85 bits per heavy atom. The maximum absolute atomic E-state index is 12.0. The van der Waals surface area contributed by atoms with Gasteiger partial charge in [-0.1, -0.05) is 19.8 Å². The van der Waals surface area contributed by atoms with E-state index in [0.717, 1.165) is 19.3 Å². The highest BCUT2D eigenvalue weighted by molar-refractivity contribution is 5.97. The Bertz CT molecular complexity index is 644. The first-order valence-corrected chi connectivity index (χ1v) is 8.92. The topological polar surface area (TPSA) is 105 Å². The van der Waals surface area contributed by atoms with Gasteiger partial charge in [-0.25, -0.2) is 0 Å². The summed E-state index contributed by atoms with van der Waals surface area (Å²) < 4.78 is 5.73. The second kappa shape index (κ2) is 9.33. The SMILES string of the molecule is CC(NC(=O)c1ccc(NC(=O)COC2CCCCC2C)cc1)C(=O)O. The number of aliphatic carboxylic acids is 1. The molecule has 1 aromatic rings. The second-order valence-electron chi connectivity index (χ2n) is 6.77. The van der Waals surface area contributed by atoms with Gasteiger partial charge in [0.2, 0.25) is 5.91 Å². The Balaban J connectivity index is 1.81. The van der Waals surface area contributed by atoms with Crippen LogP contribution in [0.2, 0.25) is 0 Å². The van der Waals surface area contributed by atoms with E-state index in [9.17, 15) is 14.4 Å². The standard InChI is InChI=1S/C19H26N2O5/c1-12-5-3-4-6-16(12)26-11-17(22)21-15-9-7-14(8-10-15)18(23)20-13(2)19(24)25/h7-10,12-13,16H,3-6,11H2,1-2H3,(H,20,23)(H,21,22)(H,24,25). The number of benzene rings is 1. The van der Waals surface area contributed by atoms with Crippen molar-refractivity contribution in [1.29, 1.82) is 0 Å². The molecule has 1 fully saturated rings. The zero-order chi connectivity index (χ0) is 19.1. The number of hydrogen-bond donors (Lipinski definition) is 3. The summed E-state index contributed by atoms with van der Waals surface area (Å²) in [5.74, 6) is -1.34. The predicted octanol–water partition coefficient (Wildman–Crippen LogP) is 2.42. The molecule has 3 N–H and O–H groups in total. The van der Waals surface area contributed by atoms with Crippen molar-refractivity contribution in [3.63, 3.8) is 0 Å². The minimum atomic E-state index is -1.10. The molecule has 0 radical (unpaired) electrons. The fourth-order valence-electron chi connectivity index (χ4n) is 2.96. The monoisotopic (exact) mass is 362 g/mol. The lowest BCUT2D eigenvalue weighted by Crippen LogP contribution is -2.38. The molecule has 1 aromatic carbocycles. The van der Waals surface area contributed by atoms with E-state index in [4.69, 9.17) is 9.84 Å².